The molecular formula is C29H31F4N5O3. The van der Waals surface area contributed by atoms with Crippen LogP contribution in [0, 0.1) is 15.9 Å². The predicted molar refractivity (Wildman–Crippen MR) is 147 cm³/mol. The zero-order valence-corrected chi connectivity index (χ0v) is 22.3. The molecule has 1 saturated heterocycles. The van der Waals surface area contributed by atoms with Crippen molar-refractivity contribution < 1.29 is 27.2 Å². The molecule has 41 heavy (non-hydrogen) atoms. The van der Waals surface area contributed by atoms with E-state index in [1.807, 2.05) is 24.3 Å². The molecule has 0 spiro atoms. The molecule has 2 fully saturated rings. The van der Waals surface area contributed by atoms with Crippen LogP contribution in [0.2, 0.25) is 0 Å². The number of piperazine rings is 1. The summed E-state index contributed by atoms with van der Waals surface area (Å²) in [6.07, 6.45) is -0.290. The Bertz CT molecular complexity index is 1340. The number of anilines is 2. The van der Waals surface area contributed by atoms with E-state index < -0.39 is 22.4 Å². The van der Waals surface area contributed by atoms with Crippen molar-refractivity contribution in [2.45, 2.75) is 50.6 Å². The summed E-state index contributed by atoms with van der Waals surface area (Å²) in [5.41, 5.74) is -0.919. The van der Waals surface area contributed by atoms with Crippen LogP contribution in [0.3, 0.4) is 0 Å². The van der Waals surface area contributed by atoms with Crippen LogP contribution in [-0.2, 0) is 12.7 Å². The zero-order chi connectivity index (χ0) is 29.0. The monoisotopic (exact) mass is 573 g/mol. The van der Waals surface area contributed by atoms with Gasteiger partial charge >= 0.3 is 6.18 Å². The van der Waals surface area contributed by atoms with Crippen LogP contribution in [-0.4, -0.2) is 53.1 Å². The van der Waals surface area contributed by atoms with Crippen LogP contribution >= 0.6 is 0 Å². The number of hydrogen-bond donors (Lipinski definition) is 1. The molecule has 2 aliphatic rings. The van der Waals surface area contributed by atoms with Crippen molar-refractivity contribution in [1.29, 1.82) is 0 Å². The van der Waals surface area contributed by atoms with Gasteiger partial charge < -0.3 is 15.0 Å². The molecule has 8 nitrogen and oxygen atoms in total. The summed E-state index contributed by atoms with van der Waals surface area (Å²) in [7, 11) is 0. The number of halogens is 4. The highest BCUT2D eigenvalue weighted by Gasteiger charge is 2.38. The van der Waals surface area contributed by atoms with Crippen LogP contribution in [0.15, 0.2) is 60.8 Å². The van der Waals surface area contributed by atoms with E-state index in [4.69, 9.17) is 4.74 Å². The second-order valence-corrected chi connectivity index (χ2v) is 10.5. The minimum atomic E-state index is -4.81. The van der Waals surface area contributed by atoms with E-state index in [-0.39, 0.29) is 23.7 Å². The number of pyridine rings is 1. The molecule has 12 heteroatoms. The van der Waals surface area contributed by atoms with Crippen LogP contribution < -0.4 is 15.0 Å². The fraction of sp³-hybridized carbons (Fsp3) is 0.414. The maximum atomic E-state index is 13.3. The molecule has 1 N–H and O–H groups in total. The van der Waals surface area contributed by atoms with Gasteiger partial charge in [0.25, 0.3) is 5.69 Å². The van der Waals surface area contributed by atoms with Gasteiger partial charge in [0.15, 0.2) is 0 Å². The molecule has 0 amide bonds. The summed E-state index contributed by atoms with van der Waals surface area (Å²) in [6, 6.07) is 13.3. The molecule has 0 radical (unpaired) electrons. The first kappa shape index (κ1) is 28.6. The molecule has 3 aromatic rings. The molecule has 2 aromatic carbocycles. The lowest BCUT2D eigenvalue weighted by atomic mass is 9.92. The Morgan fingerprint density at radius 2 is 1.68 bits per heavy atom. The average molecular weight is 574 g/mol. The summed E-state index contributed by atoms with van der Waals surface area (Å²) in [6.45, 7) is 4.12. The Kier molecular flexibility index (Phi) is 8.57. The zero-order valence-electron chi connectivity index (χ0n) is 22.3. The number of hydrogen-bond acceptors (Lipinski definition) is 7. The first-order valence-corrected chi connectivity index (χ1v) is 13.6. The molecule has 218 valence electrons. The van der Waals surface area contributed by atoms with E-state index in [2.05, 4.69) is 20.1 Å². The molecule has 1 saturated carbocycles. The van der Waals surface area contributed by atoms with Gasteiger partial charge in [-0.2, -0.15) is 13.2 Å². The number of rotatable bonds is 8. The molecule has 1 aliphatic carbocycles. The van der Waals surface area contributed by atoms with E-state index in [1.54, 1.807) is 6.20 Å². The molecule has 2 heterocycles. The SMILES string of the molecule is O=[N+]([O-])c1ccc(NC2CCC(Oc3ccnc(N4CCN(Cc5ccc(F)cc5)CC4)c3)CC2)cc1C(F)(F)F. The first-order chi connectivity index (χ1) is 19.6. The fourth-order valence-corrected chi connectivity index (χ4v) is 5.39. The Labute approximate surface area is 235 Å². The van der Waals surface area contributed by atoms with Gasteiger partial charge in [-0.05, 0) is 61.6 Å². The van der Waals surface area contributed by atoms with Crippen LogP contribution in [0.1, 0.15) is 36.8 Å². The molecule has 5 rings (SSSR count). The molecule has 0 bridgehead atoms. The van der Waals surface area contributed by atoms with Gasteiger partial charge in [0.05, 0.1) is 11.0 Å². The number of nitro groups is 1. The van der Waals surface area contributed by atoms with Crippen molar-refractivity contribution in [2.75, 3.05) is 36.4 Å². The van der Waals surface area contributed by atoms with E-state index in [1.165, 1.54) is 18.2 Å². The number of nitrogens with zero attached hydrogens (tertiary/aromatic N) is 4. The lowest BCUT2D eigenvalue weighted by Gasteiger charge is -2.35. The summed E-state index contributed by atoms with van der Waals surface area (Å²) >= 11 is 0. The Morgan fingerprint density at radius 1 is 0.976 bits per heavy atom. The van der Waals surface area contributed by atoms with Crippen molar-refractivity contribution >= 4 is 17.2 Å². The molecule has 1 aliphatic heterocycles. The maximum absolute atomic E-state index is 13.3. The van der Waals surface area contributed by atoms with Crippen LogP contribution in [0.4, 0.5) is 34.8 Å². The average Bonchev–Trinajstić information content (AvgIpc) is 2.95. The standard InChI is InChI=1S/C29H31F4N5O3/c30-21-3-1-20(2-4-21)19-36-13-15-37(16-14-36)28-18-25(11-12-34-28)41-24-8-5-22(6-9-24)35-23-7-10-27(38(39)40)26(17-23)29(31,32)33/h1-4,7,10-12,17-18,22,24,35H,5-6,8-9,13-16,19H2. The van der Waals surface area contributed by atoms with Crippen molar-refractivity contribution in [3.05, 3.63) is 87.9 Å². The summed E-state index contributed by atoms with van der Waals surface area (Å²) in [4.78, 5) is 19.1. The number of nitro benzene ring substituents is 1. The summed E-state index contributed by atoms with van der Waals surface area (Å²) in [5.74, 6) is 1.34. The minimum absolute atomic E-state index is 0.0292. The second kappa shape index (κ2) is 12.3. The quantitative estimate of drug-likeness (QED) is 0.193. The number of alkyl halides is 3. The third kappa shape index (κ3) is 7.43. The fourth-order valence-electron chi connectivity index (χ4n) is 5.39. The van der Waals surface area contributed by atoms with Gasteiger partial charge in [-0.1, -0.05) is 12.1 Å². The first-order valence-electron chi connectivity index (χ1n) is 13.6. The highest BCUT2D eigenvalue weighted by atomic mass is 19.4. The van der Waals surface area contributed by atoms with Crippen molar-refractivity contribution in [3.8, 4) is 5.75 Å². The third-order valence-electron chi connectivity index (χ3n) is 7.58. The molecular weight excluding hydrogens is 542 g/mol. The number of aromatic nitrogens is 1. The van der Waals surface area contributed by atoms with Gasteiger partial charge in [-0.3, -0.25) is 15.0 Å². The van der Waals surface area contributed by atoms with E-state index in [9.17, 15) is 27.7 Å². The summed E-state index contributed by atoms with van der Waals surface area (Å²) < 4.78 is 59.4. The number of benzene rings is 2. The van der Waals surface area contributed by atoms with Crippen molar-refractivity contribution in [2.24, 2.45) is 0 Å². The number of nitrogens with one attached hydrogen (secondary N) is 1. The normalized spacial score (nSPS) is 20.0. The summed E-state index contributed by atoms with van der Waals surface area (Å²) in [5, 5.41) is 14.1. The topological polar surface area (TPSA) is 83.8 Å². The van der Waals surface area contributed by atoms with E-state index in [0.29, 0.717) is 12.8 Å². The molecule has 0 unspecified atom stereocenters. The third-order valence-corrected chi connectivity index (χ3v) is 7.58. The van der Waals surface area contributed by atoms with Gasteiger partial charge in [0.1, 0.15) is 22.9 Å². The Morgan fingerprint density at radius 3 is 2.34 bits per heavy atom. The van der Waals surface area contributed by atoms with Crippen LogP contribution in [0.5, 0.6) is 5.75 Å². The minimum Gasteiger partial charge on any atom is -0.490 e. The lowest BCUT2D eigenvalue weighted by molar-refractivity contribution is -0.388. The van der Waals surface area contributed by atoms with Gasteiger partial charge in [-0.25, -0.2) is 9.37 Å². The maximum Gasteiger partial charge on any atom is 0.423 e. The largest absolute Gasteiger partial charge is 0.490 e. The molecule has 0 atom stereocenters. The van der Waals surface area contributed by atoms with Crippen molar-refractivity contribution in [3.63, 3.8) is 0 Å². The van der Waals surface area contributed by atoms with E-state index >= 15 is 0 Å². The number of ether oxygens (including phenoxy) is 1. The van der Waals surface area contributed by atoms with Gasteiger partial charge in [0, 0.05) is 62.8 Å². The Balaban J connectivity index is 1.10. The van der Waals surface area contributed by atoms with E-state index in [0.717, 1.165) is 74.8 Å². The Hall–Kier alpha value is -3.93. The van der Waals surface area contributed by atoms with Crippen LogP contribution in [0.25, 0.3) is 0 Å². The van der Waals surface area contributed by atoms with Crippen molar-refractivity contribution in [1.82, 2.24) is 9.88 Å². The van der Waals surface area contributed by atoms with Gasteiger partial charge in [0.2, 0.25) is 0 Å². The highest BCUT2D eigenvalue weighted by molar-refractivity contribution is 5.55. The smallest absolute Gasteiger partial charge is 0.423 e. The lowest BCUT2D eigenvalue weighted by Crippen LogP contribution is -2.46. The predicted octanol–water partition coefficient (Wildman–Crippen LogP) is 6.27. The van der Waals surface area contributed by atoms with Gasteiger partial charge in [-0.15, -0.1) is 0 Å². The second-order valence-electron chi connectivity index (χ2n) is 10.5. The molecule has 1 aromatic heterocycles. The highest BCUT2D eigenvalue weighted by Crippen LogP contribution is 2.38.